The Labute approximate surface area is 157 Å². The first-order valence-corrected chi connectivity index (χ1v) is 8.67. The molecule has 0 heterocycles. The fourth-order valence-corrected chi connectivity index (χ4v) is 2.49. The molecule has 27 heavy (non-hydrogen) atoms. The number of hydrogen-bond acceptors (Lipinski definition) is 6. The van der Waals surface area contributed by atoms with Crippen molar-refractivity contribution in [3.05, 3.63) is 58.1 Å². The number of benzene rings is 2. The van der Waals surface area contributed by atoms with E-state index < -0.39 is 4.92 Å². The molecule has 0 saturated carbocycles. The molecule has 0 aliphatic carbocycles. The number of aliphatic hydroxyl groups is 1. The van der Waals surface area contributed by atoms with E-state index in [2.05, 4.69) is 29.8 Å². The second-order valence-electron chi connectivity index (χ2n) is 6.32. The lowest BCUT2D eigenvalue weighted by molar-refractivity contribution is -0.384. The van der Waals surface area contributed by atoms with Gasteiger partial charge in [-0.15, -0.1) is 0 Å². The van der Waals surface area contributed by atoms with Crippen LogP contribution in [-0.2, 0) is 4.79 Å². The molecule has 1 amide bonds. The third kappa shape index (κ3) is 5.96. The average molecular weight is 372 g/mol. The van der Waals surface area contributed by atoms with Crippen LogP contribution in [0.4, 0.5) is 22.7 Å². The van der Waals surface area contributed by atoms with Gasteiger partial charge in [-0.25, -0.2) is 0 Å². The number of anilines is 3. The molecule has 0 unspecified atom stereocenters. The Morgan fingerprint density at radius 2 is 1.93 bits per heavy atom. The Kier molecular flexibility index (Phi) is 7.13. The summed E-state index contributed by atoms with van der Waals surface area (Å²) in [5.74, 6) is 0.0838. The zero-order valence-electron chi connectivity index (χ0n) is 15.4. The molecule has 0 radical (unpaired) electrons. The number of amides is 1. The van der Waals surface area contributed by atoms with Crippen LogP contribution in [0.15, 0.2) is 42.5 Å². The Bertz CT molecular complexity index is 808. The molecule has 0 atom stereocenters. The van der Waals surface area contributed by atoms with E-state index in [1.807, 2.05) is 24.3 Å². The normalized spacial score (nSPS) is 10.5. The minimum atomic E-state index is -0.502. The molecule has 0 aliphatic heterocycles. The Morgan fingerprint density at radius 1 is 1.15 bits per heavy atom. The third-order valence-corrected chi connectivity index (χ3v) is 3.92. The van der Waals surface area contributed by atoms with Crippen LogP contribution in [0.2, 0.25) is 0 Å². The van der Waals surface area contributed by atoms with Crippen molar-refractivity contribution in [2.45, 2.75) is 19.8 Å². The van der Waals surface area contributed by atoms with Gasteiger partial charge in [0.05, 0.1) is 29.4 Å². The number of aliphatic hydroxyl groups excluding tert-OH is 1. The molecule has 8 nitrogen and oxygen atoms in total. The molecular weight excluding hydrogens is 348 g/mol. The van der Waals surface area contributed by atoms with Crippen molar-refractivity contribution in [3.63, 3.8) is 0 Å². The first-order chi connectivity index (χ1) is 12.9. The number of carbonyl (C=O) groups excluding carboxylic acids is 1. The van der Waals surface area contributed by atoms with E-state index in [1.165, 1.54) is 12.1 Å². The quantitative estimate of drug-likeness (QED) is 0.397. The number of nitrogens with one attached hydrogen (secondary N) is 3. The Balaban J connectivity index is 2.05. The molecule has 0 fully saturated rings. The monoisotopic (exact) mass is 372 g/mol. The lowest BCUT2D eigenvalue weighted by Gasteiger charge is -2.14. The summed E-state index contributed by atoms with van der Waals surface area (Å²) in [5.41, 5.74) is 2.73. The van der Waals surface area contributed by atoms with Gasteiger partial charge in [0.25, 0.3) is 5.69 Å². The van der Waals surface area contributed by atoms with E-state index in [-0.39, 0.29) is 24.7 Å². The first kappa shape index (κ1) is 20.2. The van der Waals surface area contributed by atoms with Gasteiger partial charge in [-0.3, -0.25) is 14.9 Å². The van der Waals surface area contributed by atoms with E-state index in [0.717, 1.165) is 5.56 Å². The van der Waals surface area contributed by atoms with Crippen LogP contribution >= 0.6 is 0 Å². The highest BCUT2D eigenvalue weighted by molar-refractivity contribution is 5.94. The summed E-state index contributed by atoms with van der Waals surface area (Å²) in [4.78, 5) is 22.7. The van der Waals surface area contributed by atoms with Gasteiger partial charge < -0.3 is 21.1 Å². The summed E-state index contributed by atoms with van der Waals surface area (Å²) in [6.07, 6.45) is 0. The summed E-state index contributed by atoms with van der Waals surface area (Å²) in [7, 11) is 0. The van der Waals surface area contributed by atoms with Crippen LogP contribution in [0.25, 0.3) is 0 Å². The van der Waals surface area contributed by atoms with E-state index >= 15 is 0 Å². The number of nitrogens with zero attached hydrogens (tertiary/aromatic N) is 1. The van der Waals surface area contributed by atoms with Crippen LogP contribution in [0.3, 0.4) is 0 Å². The second kappa shape index (κ2) is 9.54. The predicted octanol–water partition coefficient (Wildman–Crippen LogP) is 3.17. The van der Waals surface area contributed by atoms with Crippen molar-refractivity contribution in [1.82, 2.24) is 0 Å². The largest absolute Gasteiger partial charge is 0.395 e. The van der Waals surface area contributed by atoms with Gasteiger partial charge >= 0.3 is 0 Å². The summed E-state index contributed by atoms with van der Waals surface area (Å²) in [5, 5.41) is 28.6. The van der Waals surface area contributed by atoms with Gasteiger partial charge in [-0.2, -0.15) is 0 Å². The van der Waals surface area contributed by atoms with Crippen molar-refractivity contribution in [2.24, 2.45) is 0 Å². The molecule has 2 rings (SSSR count). The van der Waals surface area contributed by atoms with Crippen molar-refractivity contribution < 1.29 is 14.8 Å². The molecule has 8 heteroatoms. The number of hydrogen-bond donors (Lipinski definition) is 4. The molecular formula is C19H24N4O4. The second-order valence-corrected chi connectivity index (χ2v) is 6.32. The summed E-state index contributed by atoms with van der Waals surface area (Å²) >= 11 is 0. The van der Waals surface area contributed by atoms with Crippen LogP contribution in [0.1, 0.15) is 25.3 Å². The number of nitro benzene ring substituents is 1. The fourth-order valence-electron chi connectivity index (χ4n) is 2.49. The van der Waals surface area contributed by atoms with E-state index in [1.54, 1.807) is 6.07 Å². The van der Waals surface area contributed by atoms with Crippen molar-refractivity contribution in [3.8, 4) is 0 Å². The topological polar surface area (TPSA) is 117 Å². The summed E-state index contributed by atoms with van der Waals surface area (Å²) < 4.78 is 0. The summed E-state index contributed by atoms with van der Waals surface area (Å²) in [6.45, 7) is 4.31. The molecule has 0 aliphatic rings. The van der Waals surface area contributed by atoms with Crippen LogP contribution < -0.4 is 16.0 Å². The predicted molar refractivity (Wildman–Crippen MR) is 106 cm³/mol. The molecule has 0 aromatic heterocycles. The number of non-ortho nitro benzene ring substituents is 1. The third-order valence-electron chi connectivity index (χ3n) is 3.92. The van der Waals surface area contributed by atoms with Crippen LogP contribution in [0.5, 0.6) is 0 Å². The van der Waals surface area contributed by atoms with Crippen molar-refractivity contribution in [1.29, 1.82) is 0 Å². The van der Waals surface area contributed by atoms with Gasteiger partial charge in [0.15, 0.2) is 0 Å². The van der Waals surface area contributed by atoms with E-state index in [4.69, 9.17) is 5.11 Å². The number of nitro groups is 1. The highest BCUT2D eigenvalue weighted by Crippen LogP contribution is 2.27. The smallest absolute Gasteiger partial charge is 0.271 e. The van der Waals surface area contributed by atoms with E-state index in [9.17, 15) is 14.9 Å². The molecule has 2 aromatic carbocycles. The average Bonchev–Trinajstić information content (AvgIpc) is 2.65. The highest BCUT2D eigenvalue weighted by Gasteiger charge is 2.12. The van der Waals surface area contributed by atoms with Crippen molar-refractivity contribution in [2.75, 3.05) is 35.6 Å². The zero-order chi connectivity index (χ0) is 19.8. The van der Waals surface area contributed by atoms with Gasteiger partial charge in [0.1, 0.15) is 0 Å². The van der Waals surface area contributed by atoms with Crippen LogP contribution in [0, 0.1) is 10.1 Å². The minimum absolute atomic E-state index is 0.0547. The molecule has 2 aromatic rings. The van der Waals surface area contributed by atoms with Crippen LogP contribution in [-0.4, -0.2) is 35.6 Å². The lowest BCUT2D eigenvalue weighted by atomic mass is 10.0. The maximum Gasteiger partial charge on any atom is 0.271 e. The number of carbonyl (C=O) groups is 1. The first-order valence-electron chi connectivity index (χ1n) is 8.67. The maximum atomic E-state index is 12.2. The standard InChI is InChI=1S/C19H24N4O4/c1-13(2)14-4-3-5-15(10-14)22-19(25)12-21-18-11-16(23(26)27)6-7-17(18)20-8-9-24/h3-7,10-11,13,20-21,24H,8-9,12H2,1-2H3,(H,22,25). The maximum absolute atomic E-state index is 12.2. The zero-order valence-corrected chi connectivity index (χ0v) is 15.4. The molecule has 0 saturated heterocycles. The van der Waals surface area contributed by atoms with Gasteiger partial charge in [-0.1, -0.05) is 26.0 Å². The Morgan fingerprint density at radius 3 is 2.59 bits per heavy atom. The molecule has 0 bridgehead atoms. The van der Waals surface area contributed by atoms with Crippen molar-refractivity contribution >= 4 is 28.7 Å². The highest BCUT2D eigenvalue weighted by atomic mass is 16.6. The number of rotatable bonds is 9. The van der Waals surface area contributed by atoms with E-state index in [0.29, 0.717) is 29.5 Å². The Hall–Kier alpha value is -3.13. The van der Waals surface area contributed by atoms with Gasteiger partial charge in [-0.05, 0) is 29.7 Å². The lowest BCUT2D eigenvalue weighted by Crippen LogP contribution is -2.22. The van der Waals surface area contributed by atoms with Gasteiger partial charge in [0.2, 0.25) is 5.91 Å². The fraction of sp³-hybridized carbons (Fsp3) is 0.316. The minimum Gasteiger partial charge on any atom is -0.395 e. The summed E-state index contributed by atoms with van der Waals surface area (Å²) in [6, 6.07) is 11.9. The molecule has 4 N–H and O–H groups in total. The van der Waals surface area contributed by atoms with Gasteiger partial charge in [0, 0.05) is 24.4 Å². The molecule has 0 spiro atoms. The SMILES string of the molecule is CC(C)c1cccc(NC(=O)CNc2cc([N+](=O)[O-])ccc2NCCO)c1. The molecule has 144 valence electrons.